The lowest BCUT2D eigenvalue weighted by Crippen LogP contribution is -2.47. The Balaban J connectivity index is 1.60. The lowest BCUT2D eigenvalue weighted by molar-refractivity contribution is 0.169. The van der Waals surface area contributed by atoms with Crippen molar-refractivity contribution in [2.24, 2.45) is 0 Å². The number of rotatable bonds is 5. The summed E-state index contributed by atoms with van der Waals surface area (Å²) in [4.78, 5) is 2.10. The third-order valence-electron chi connectivity index (χ3n) is 3.96. The van der Waals surface area contributed by atoms with Gasteiger partial charge >= 0.3 is 0 Å². The molecule has 1 saturated heterocycles. The van der Waals surface area contributed by atoms with Gasteiger partial charge in [0.1, 0.15) is 5.75 Å². The highest BCUT2D eigenvalue weighted by molar-refractivity contribution is 7.88. The average molecular weight is 352 g/mol. The van der Waals surface area contributed by atoms with Crippen molar-refractivity contribution in [3.05, 3.63) is 30.2 Å². The molecule has 1 fully saturated rings. The van der Waals surface area contributed by atoms with Crippen LogP contribution in [0, 0.1) is 0 Å². The zero-order valence-electron chi connectivity index (χ0n) is 13.7. The Bertz CT molecular complexity index is 780. The molecule has 1 aromatic carbocycles. The summed E-state index contributed by atoms with van der Waals surface area (Å²) in [6.07, 6.45) is 1.24. The molecule has 8 nitrogen and oxygen atoms in total. The van der Waals surface area contributed by atoms with Crippen molar-refractivity contribution in [1.82, 2.24) is 19.4 Å². The molecule has 0 N–H and O–H groups in total. The molecule has 130 valence electrons. The highest BCUT2D eigenvalue weighted by Gasteiger charge is 2.24. The van der Waals surface area contributed by atoms with Gasteiger partial charge in [0, 0.05) is 31.7 Å². The van der Waals surface area contributed by atoms with Crippen LogP contribution in [-0.2, 0) is 16.6 Å². The van der Waals surface area contributed by atoms with Gasteiger partial charge in [0.05, 0.1) is 19.9 Å². The van der Waals surface area contributed by atoms with E-state index in [1.165, 1.54) is 10.6 Å². The molecule has 0 radical (unpaired) electrons. The standard InChI is InChI=1S/C15H20N4O4S/c1-22-13-5-3-12(4-6-13)15-17-16-14(23-15)11-18-7-9-19(10-8-18)24(2,20)21/h3-6H,7-11H2,1-2H3. The molecule has 3 rings (SSSR count). The Morgan fingerprint density at radius 3 is 2.38 bits per heavy atom. The van der Waals surface area contributed by atoms with Gasteiger partial charge in [-0.25, -0.2) is 8.42 Å². The van der Waals surface area contributed by atoms with Gasteiger partial charge in [0.2, 0.25) is 21.8 Å². The van der Waals surface area contributed by atoms with Crippen LogP contribution in [-0.4, -0.2) is 67.4 Å². The van der Waals surface area contributed by atoms with E-state index in [1.54, 1.807) is 7.11 Å². The van der Waals surface area contributed by atoms with Gasteiger partial charge in [-0.15, -0.1) is 10.2 Å². The van der Waals surface area contributed by atoms with Gasteiger partial charge in [-0.2, -0.15) is 4.31 Å². The van der Waals surface area contributed by atoms with Gasteiger partial charge < -0.3 is 9.15 Å². The number of sulfonamides is 1. The second kappa shape index (κ2) is 6.88. The van der Waals surface area contributed by atoms with E-state index < -0.39 is 10.0 Å². The Morgan fingerprint density at radius 2 is 1.79 bits per heavy atom. The molecule has 0 bridgehead atoms. The molecule has 2 aromatic rings. The Kier molecular flexibility index (Phi) is 4.83. The van der Waals surface area contributed by atoms with E-state index in [-0.39, 0.29) is 0 Å². The molecular weight excluding hydrogens is 332 g/mol. The van der Waals surface area contributed by atoms with Crippen LogP contribution in [0.15, 0.2) is 28.7 Å². The van der Waals surface area contributed by atoms with Crippen LogP contribution < -0.4 is 4.74 Å². The first-order chi connectivity index (χ1) is 11.5. The first-order valence-corrected chi connectivity index (χ1v) is 9.45. The van der Waals surface area contributed by atoms with Gasteiger partial charge in [0.15, 0.2) is 0 Å². The molecular formula is C15H20N4O4S. The van der Waals surface area contributed by atoms with Crippen LogP contribution in [0.4, 0.5) is 0 Å². The van der Waals surface area contributed by atoms with Crippen LogP contribution in [0.3, 0.4) is 0 Å². The summed E-state index contributed by atoms with van der Waals surface area (Å²) in [6.45, 7) is 2.78. The topological polar surface area (TPSA) is 88.8 Å². The maximum atomic E-state index is 11.5. The van der Waals surface area contributed by atoms with E-state index in [1.807, 2.05) is 24.3 Å². The fraction of sp³-hybridized carbons (Fsp3) is 0.467. The molecule has 9 heteroatoms. The second-order valence-corrected chi connectivity index (χ2v) is 7.65. The van der Waals surface area contributed by atoms with Crippen molar-refractivity contribution >= 4 is 10.0 Å². The number of hydrogen-bond donors (Lipinski definition) is 0. The largest absolute Gasteiger partial charge is 0.497 e. The van der Waals surface area contributed by atoms with Crippen LogP contribution in [0.25, 0.3) is 11.5 Å². The summed E-state index contributed by atoms with van der Waals surface area (Å²) in [5.74, 6) is 1.75. The van der Waals surface area contributed by atoms with E-state index in [0.29, 0.717) is 44.5 Å². The van der Waals surface area contributed by atoms with E-state index in [9.17, 15) is 8.42 Å². The fourth-order valence-electron chi connectivity index (χ4n) is 2.58. The Morgan fingerprint density at radius 1 is 1.12 bits per heavy atom. The summed E-state index contributed by atoms with van der Waals surface area (Å²) in [7, 11) is -1.50. The number of ether oxygens (including phenoxy) is 1. The predicted octanol–water partition coefficient (Wildman–Crippen LogP) is 0.822. The summed E-state index contributed by atoms with van der Waals surface area (Å²) >= 11 is 0. The lowest BCUT2D eigenvalue weighted by atomic mass is 10.2. The highest BCUT2D eigenvalue weighted by Crippen LogP contribution is 2.21. The molecule has 0 spiro atoms. The minimum atomic E-state index is -3.11. The minimum absolute atomic E-state index is 0.461. The van der Waals surface area contributed by atoms with Gasteiger partial charge in [-0.3, -0.25) is 4.90 Å². The zero-order chi connectivity index (χ0) is 17.2. The van der Waals surface area contributed by atoms with Crippen LogP contribution >= 0.6 is 0 Å². The number of piperazine rings is 1. The monoisotopic (exact) mass is 352 g/mol. The van der Waals surface area contributed by atoms with Crippen molar-refractivity contribution in [3.8, 4) is 17.2 Å². The number of nitrogens with zero attached hydrogens (tertiary/aromatic N) is 4. The van der Waals surface area contributed by atoms with E-state index >= 15 is 0 Å². The summed E-state index contributed by atoms with van der Waals surface area (Å²) < 4.78 is 35.3. The number of benzene rings is 1. The first-order valence-electron chi connectivity index (χ1n) is 7.60. The SMILES string of the molecule is COc1ccc(-c2nnc(CN3CCN(S(C)(=O)=O)CC3)o2)cc1. The third-order valence-corrected chi connectivity index (χ3v) is 5.27. The molecule has 0 saturated carbocycles. The molecule has 0 unspecified atom stereocenters. The van der Waals surface area contributed by atoms with E-state index in [4.69, 9.17) is 9.15 Å². The van der Waals surface area contributed by atoms with Crippen molar-refractivity contribution in [2.75, 3.05) is 39.5 Å². The lowest BCUT2D eigenvalue weighted by Gasteiger charge is -2.32. The summed E-state index contributed by atoms with van der Waals surface area (Å²) in [5, 5.41) is 8.15. The van der Waals surface area contributed by atoms with Gasteiger partial charge in [-0.05, 0) is 24.3 Å². The van der Waals surface area contributed by atoms with Crippen molar-refractivity contribution in [3.63, 3.8) is 0 Å². The maximum Gasteiger partial charge on any atom is 0.247 e. The predicted molar refractivity (Wildman–Crippen MR) is 88.0 cm³/mol. The highest BCUT2D eigenvalue weighted by atomic mass is 32.2. The second-order valence-electron chi connectivity index (χ2n) is 5.67. The number of hydrogen-bond acceptors (Lipinski definition) is 7. The smallest absolute Gasteiger partial charge is 0.247 e. The van der Waals surface area contributed by atoms with Crippen molar-refractivity contribution in [1.29, 1.82) is 0 Å². The molecule has 1 aromatic heterocycles. The summed E-state index contributed by atoms with van der Waals surface area (Å²) in [5.41, 5.74) is 0.830. The van der Waals surface area contributed by atoms with E-state index in [0.717, 1.165) is 11.3 Å². The third kappa shape index (κ3) is 3.92. The normalized spacial score (nSPS) is 17.1. The molecule has 24 heavy (non-hydrogen) atoms. The Hall–Kier alpha value is -1.97. The number of methoxy groups -OCH3 is 1. The van der Waals surface area contributed by atoms with Crippen molar-refractivity contribution < 1.29 is 17.6 Å². The maximum absolute atomic E-state index is 11.5. The number of aromatic nitrogens is 2. The average Bonchev–Trinajstić information content (AvgIpc) is 3.03. The van der Waals surface area contributed by atoms with Crippen LogP contribution in [0.2, 0.25) is 0 Å². The molecule has 0 atom stereocenters. The Labute approximate surface area is 141 Å². The van der Waals surface area contributed by atoms with Crippen LogP contribution in [0.1, 0.15) is 5.89 Å². The van der Waals surface area contributed by atoms with Crippen molar-refractivity contribution in [2.45, 2.75) is 6.54 Å². The van der Waals surface area contributed by atoms with Gasteiger partial charge in [0.25, 0.3) is 0 Å². The molecule has 0 aliphatic carbocycles. The van der Waals surface area contributed by atoms with Crippen LogP contribution in [0.5, 0.6) is 5.75 Å². The quantitative estimate of drug-likeness (QED) is 0.787. The molecule has 2 heterocycles. The fourth-order valence-corrected chi connectivity index (χ4v) is 3.40. The summed E-state index contributed by atoms with van der Waals surface area (Å²) in [6, 6.07) is 7.40. The zero-order valence-corrected chi connectivity index (χ0v) is 14.5. The first kappa shape index (κ1) is 16.9. The molecule has 1 aliphatic rings. The van der Waals surface area contributed by atoms with Gasteiger partial charge in [-0.1, -0.05) is 0 Å². The van der Waals surface area contributed by atoms with E-state index in [2.05, 4.69) is 15.1 Å². The molecule has 1 aliphatic heterocycles. The minimum Gasteiger partial charge on any atom is -0.497 e. The molecule has 0 amide bonds.